The molecule has 0 unspecified atom stereocenters. The van der Waals surface area contributed by atoms with Gasteiger partial charge in [0.25, 0.3) is 5.91 Å². The number of rotatable bonds is 7. The highest BCUT2D eigenvalue weighted by atomic mass is 16.6. The highest BCUT2D eigenvalue weighted by molar-refractivity contribution is 6.05. The van der Waals surface area contributed by atoms with E-state index in [4.69, 9.17) is 13.9 Å². The van der Waals surface area contributed by atoms with E-state index in [0.29, 0.717) is 5.75 Å². The van der Waals surface area contributed by atoms with Crippen molar-refractivity contribution in [3.63, 3.8) is 0 Å². The summed E-state index contributed by atoms with van der Waals surface area (Å²) in [4.78, 5) is 25.9. The Labute approximate surface area is 164 Å². The Hall–Kier alpha value is -3.02. The topological polar surface area (TPSA) is 69.0 Å². The maximum absolute atomic E-state index is 12.2. The predicted octanol–water partition coefficient (Wildman–Crippen LogP) is 4.15. The number of para-hydroxylation sites is 1. The Morgan fingerprint density at radius 1 is 0.929 bits per heavy atom. The van der Waals surface area contributed by atoms with E-state index in [9.17, 15) is 9.59 Å². The maximum atomic E-state index is 12.2. The van der Waals surface area contributed by atoms with E-state index >= 15 is 0 Å². The largest absolute Gasteiger partial charge is 0.482 e. The van der Waals surface area contributed by atoms with Crippen LogP contribution in [0, 0.1) is 0 Å². The lowest BCUT2D eigenvalue weighted by Gasteiger charge is -2.30. The van der Waals surface area contributed by atoms with Crippen molar-refractivity contribution in [3.8, 4) is 5.75 Å². The smallest absolute Gasteiger partial charge is 0.344 e. The molecule has 28 heavy (non-hydrogen) atoms. The molecule has 3 aromatic rings. The van der Waals surface area contributed by atoms with Crippen molar-refractivity contribution in [1.82, 2.24) is 4.90 Å². The lowest BCUT2D eigenvalue weighted by Crippen LogP contribution is -2.44. The molecular weight excluding hydrogens is 358 g/mol. The first-order valence-corrected chi connectivity index (χ1v) is 9.37. The van der Waals surface area contributed by atoms with E-state index in [0.717, 1.165) is 21.9 Å². The number of amides is 1. The fourth-order valence-electron chi connectivity index (χ4n) is 3.37. The molecule has 0 N–H and O–H groups in total. The third-order valence-corrected chi connectivity index (χ3v) is 4.46. The molecule has 1 aromatic heterocycles. The molecule has 1 heterocycles. The number of ether oxygens (including phenoxy) is 2. The number of fused-ring (bicyclic) bond motifs is 3. The van der Waals surface area contributed by atoms with Crippen LogP contribution in [0.1, 0.15) is 27.7 Å². The summed E-state index contributed by atoms with van der Waals surface area (Å²) in [5.74, 6) is -0.268. The van der Waals surface area contributed by atoms with Gasteiger partial charge in [-0.05, 0) is 52.0 Å². The predicted molar refractivity (Wildman–Crippen MR) is 107 cm³/mol. The highest BCUT2D eigenvalue weighted by Crippen LogP contribution is 2.31. The third-order valence-electron chi connectivity index (χ3n) is 4.46. The van der Waals surface area contributed by atoms with Crippen molar-refractivity contribution in [2.24, 2.45) is 0 Å². The Bertz CT molecular complexity index is 981. The van der Waals surface area contributed by atoms with E-state index in [1.807, 2.05) is 64.1 Å². The van der Waals surface area contributed by atoms with E-state index in [1.54, 1.807) is 11.0 Å². The average Bonchev–Trinajstić information content (AvgIpc) is 3.02. The van der Waals surface area contributed by atoms with E-state index in [2.05, 4.69) is 0 Å². The SMILES string of the molecule is CC(C)N(C(=O)COC(=O)COc1ccc2oc3ccccc3c2c1)C(C)C. The van der Waals surface area contributed by atoms with Gasteiger partial charge in [0, 0.05) is 22.9 Å². The van der Waals surface area contributed by atoms with Gasteiger partial charge < -0.3 is 18.8 Å². The molecule has 6 heteroatoms. The maximum Gasteiger partial charge on any atom is 0.344 e. The zero-order chi connectivity index (χ0) is 20.3. The monoisotopic (exact) mass is 383 g/mol. The first-order valence-electron chi connectivity index (χ1n) is 9.37. The molecule has 0 fully saturated rings. The number of esters is 1. The summed E-state index contributed by atoms with van der Waals surface area (Å²) >= 11 is 0. The molecule has 0 aliphatic rings. The highest BCUT2D eigenvalue weighted by Gasteiger charge is 2.21. The van der Waals surface area contributed by atoms with E-state index in [-0.39, 0.29) is 31.2 Å². The zero-order valence-corrected chi connectivity index (χ0v) is 16.6. The fourth-order valence-corrected chi connectivity index (χ4v) is 3.37. The number of carbonyl (C=O) groups excluding carboxylic acids is 2. The van der Waals surface area contributed by atoms with Gasteiger partial charge in [-0.1, -0.05) is 18.2 Å². The summed E-state index contributed by atoms with van der Waals surface area (Å²) in [5, 5.41) is 1.90. The van der Waals surface area contributed by atoms with Gasteiger partial charge in [-0.25, -0.2) is 4.79 Å². The van der Waals surface area contributed by atoms with Crippen LogP contribution >= 0.6 is 0 Å². The van der Waals surface area contributed by atoms with Crippen molar-refractivity contribution >= 4 is 33.8 Å². The van der Waals surface area contributed by atoms with Crippen molar-refractivity contribution in [2.45, 2.75) is 39.8 Å². The molecule has 0 aliphatic heterocycles. The second kappa shape index (κ2) is 8.33. The Balaban J connectivity index is 1.58. The second-order valence-corrected chi connectivity index (χ2v) is 7.19. The minimum Gasteiger partial charge on any atom is -0.482 e. The van der Waals surface area contributed by atoms with Crippen LogP contribution in [0.2, 0.25) is 0 Å². The van der Waals surface area contributed by atoms with Crippen LogP contribution in [-0.2, 0) is 14.3 Å². The van der Waals surface area contributed by atoms with Gasteiger partial charge in [-0.2, -0.15) is 0 Å². The quantitative estimate of drug-likeness (QED) is 0.573. The molecule has 148 valence electrons. The minimum absolute atomic E-state index is 0.0407. The zero-order valence-electron chi connectivity index (χ0n) is 16.6. The van der Waals surface area contributed by atoms with Crippen LogP contribution in [-0.4, -0.2) is 42.1 Å². The molecular formula is C22H25NO5. The first-order chi connectivity index (χ1) is 13.4. The summed E-state index contributed by atoms with van der Waals surface area (Å²) in [6.45, 7) is 7.16. The van der Waals surface area contributed by atoms with Crippen LogP contribution in [0.5, 0.6) is 5.75 Å². The third kappa shape index (κ3) is 4.27. The summed E-state index contributed by atoms with van der Waals surface area (Å²) in [5.41, 5.74) is 1.55. The number of hydrogen-bond acceptors (Lipinski definition) is 5. The Kier molecular flexibility index (Phi) is 5.87. The standard InChI is InChI=1S/C22H25NO5/c1-14(2)23(15(3)4)21(24)12-27-22(25)13-26-16-9-10-20-18(11-16)17-7-5-6-8-19(17)28-20/h5-11,14-15H,12-13H2,1-4H3. The first kappa shape index (κ1) is 19.7. The van der Waals surface area contributed by atoms with Gasteiger partial charge in [0.05, 0.1) is 0 Å². The number of nitrogens with zero attached hydrogens (tertiary/aromatic N) is 1. The lowest BCUT2D eigenvalue weighted by atomic mass is 10.1. The minimum atomic E-state index is -0.585. The summed E-state index contributed by atoms with van der Waals surface area (Å²) in [6, 6.07) is 13.2. The molecule has 0 radical (unpaired) electrons. The summed E-state index contributed by atoms with van der Waals surface area (Å²) in [6.07, 6.45) is 0. The van der Waals surface area contributed by atoms with Crippen LogP contribution in [0.4, 0.5) is 0 Å². The van der Waals surface area contributed by atoms with Crippen molar-refractivity contribution in [1.29, 1.82) is 0 Å². The molecule has 0 bridgehead atoms. The van der Waals surface area contributed by atoms with Crippen molar-refractivity contribution < 1.29 is 23.5 Å². The molecule has 2 aromatic carbocycles. The summed E-state index contributed by atoms with van der Waals surface area (Å²) in [7, 11) is 0. The summed E-state index contributed by atoms with van der Waals surface area (Å²) < 4.78 is 16.4. The average molecular weight is 383 g/mol. The second-order valence-electron chi connectivity index (χ2n) is 7.19. The van der Waals surface area contributed by atoms with Crippen molar-refractivity contribution in [3.05, 3.63) is 42.5 Å². The lowest BCUT2D eigenvalue weighted by molar-refractivity contribution is -0.155. The van der Waals surface area contributed by atoms with Gasteiger partial charge >= 0.3 is 5.97 Å². The van der Waals surface area contributed by atoms with E-state index in [1.165, 1.54) is 0 Å². The van der Waals surface area contributed by atoms with Gasteiger partial charge in [-0.3, -0.25) is 4.79 Å². The number of hydrogen-bond donors (Lipinski definition) is 0. The fraction of sp³-hybridized carbons (Fsp3) is 0.364. The molecule has 0 saturated heterocycles. The number of carbonyl (C=O) groups is 2. The van der Waals surface area contributed by atoms with Crippen LogP contribution in [0.3, 0.4) is 0 Å². The Morgan fingerprint density at radius 2 is 1.61 bits per heavy atom. The molecule has 0 aliphatic carbocycles. The number of furan rings is 1. The normalized spacial score (nSPS) is 11.4. The Morgan fingerprint density at radius 3 is 2.32 bits per heavy atom. The molecule has 0 spiro atoms. The molecule has 0 saturated carbocycles. The van der Waals surface area contributed by atoms with Crippen molar-refractivity contribution in [2.75, 3.05) is 13.2 Å². The van der Waals surface area contributed by atoms with Gasteiger partial charge in [0.2, 0.25) is 0 Å². The molecule has 6 nitrogen and oxygen atoms in total. The van der Waals surface area contributed by atoms with Gasteiger partial charge in [-0.15, -0.1) is 0 Å². The number of benzene rings is 2. The van der Waals surface area contributed by atoms with E-state index < -0.39 is 5.97 Å². The van der Waals surface area contributed by atoms with Gasteiger partial charge in [0.1, 0.15) is 16.9 Å². The molecule has 1 amide bonds. The van der Waals surface area contributed by atoms with Crippen LogP contribution in [0.25, 0.3) is 21.9 Å². The van der Waals surface area contributed by atoms with Crippen LogP contribution in [0.15, 0.2) is 46.9 Å². The molecule has 3 rings (SSSR count). The van der Waals surface area contributed by atoms with Gasteiger partial charge in [0.15, 0.2) is 13.2 Å². The van der Waals surface area contributed by atoms with Crippen LogP contribution < -0.4 is 4.74 Å². The molecule has 0 atom stereocenters.